The number of hydrogen-bond donors (Lipinski definition) is 0. The minimum Gasteiger partial charge on any atom is -0.461 e. The lowest BCUT2D eigenvalue weighted by atomic mass is 10.1. The lowest BCUT2D eigenvalue weighted by molar-refractivity contribution is -0.145. The van der Waals surface area contributed by atoms with Crippen molar-refractivity contribution in [2.24, 2.45) is 0 Å². The van der Waals surface area contributed by atoms with Gasteiger partial charge in [-0.15, -0.1) is 0 Å². The summed E-state index contributed by atoms with van der Waals surface area (Å²) in [6.45, 7) is 3.35. The Kier molecular flexibility index (Phi) is 5.09. The molecule has 0 bridgehead atoms. The molecule has 2 aliphatic heterocycles. The van der Waals surface area contributed by atoms with Crippen LogP contribution in [0.3, 0.4) is 0 Å². The monoisotopic (exact) mass is 392 g/mol. The Balaban J connectivity index is 1.73. The predicted molar refractivity (Wildman–Crippen MR) is 90.8 cm³/mol. The molecule has 0 aromatic heterocycles. The third-order valence-corrected chi connectivity index (χ3v) is 7.23. The van der Waals surface area contributed by atoms with Crippen LogP contribution in [0.4, 0.5) is 0 Å². The Labute approximate surface area is 151 Å². The molecule has 0 radical (unpaired) electrons. The van der Waals surface area contributed by atoms with E-state index < -0.39 is 10.0 Å². The van der Waals surface area contributed by atoms with E-state index in [2.05, 4.69) is 0 Å². The van der Waals surface area contributed by atoms with Gasteiger partial charge in [-0.1, -0.05) is 29.3 Å². The number of carbonyl (C=O) groups excluding carboxylic acids is 1. The third kappa shape index (κ3) is 3.28. The number of halogens is 2. The second-order valence-corrected chi connectivity index (χ2v) is 8.68. The van der Waals surface area contributed by atoms with Crippen LogP contribution in [-0.4, -0.2) is 61.9 Å². The first-order valence-corrected chi connectivity index (χ1v) is 9.89. The molecule has 2 fully saturated rings. The van der Waals surface area contributed by atoms with Crippen molar-refractivity contribution in [3.05, 3.63) is 28.2 Å². The fourth-order valence-electron chi connectivity index (χ4n) is 3.15. The van der Waals surface area contributed by atoms with E-state index in [0.29, 0.717) is 19.5 Å². The molecule has 1 aromatic rings. The quantitative estimate of drug-likeness (QED) is 0.735. The highest BCUT2D eigenvalue weighted by Gasteiger charge is 2.39. The normalized spacial score (nSPS) is 26.5. The van der Waals surface area contributed by atoms with Crippen LogP contribution in [0.2, 0.25) is 10.0 Å². The summed E-state index contributed by atoms with van der Waals surface area (Å²) in [6.07, 6.45) is 0.549. The number of piperazine rings is 1. The molecule has 0 amide bonds. The molecule has 2 heterocycles. The summed E-state index contributed by atoms with van der Waals surface area (Å²) < 4.78 is 32.2. The summed E-state index contributed by atoms with van der Waals surface area (Å²) in [5, 5.41) is 0.219. The van der Waals surface area contributed by atoms with Crippen LogP contribution < -0.4 is 0 Å². The molecule has 2 saturated heterocycles. The molecule has 9 heteroatoms. The van der Waals surface area contributed by atoms with Crippen molar-refractivity contribution in [2.45, 2.75) is 30.4 Å². The van der Waals surface area contributed by atoms with Crippen LogP contribution in [0, 0.1) is 0 Å². The van der Waals surface area contributed by atoms with Gasteiger partial charge in [-0.2, -0.15) is 4.31 Å². The fourth-order valence-corrected chi connectivity index (χ4v) is 5.66. The zero-order valence-electron chi connectivity index (χ0n) is 13.1. The summed E-state index contributed by atoms with van der Waals surface area (Å²) in [6, 6.07) is 4.33. The lowest BCUT2D eigenvalue weighted by Gasteiger charge is -2.36. The number of nitrogens with zero attached hydrogens (tertiary/aromatic N) is 2. The summed E-state index contributed by atoms with van der Waals surface area (Å²) in [5.41, 5.74) is 0. The Bertz CT molecular complexity index is 728. The first-order chi connectivity index (χ1) is 11.3. The molecule has 3 rings (SSSR count). The van der Waals surface area contributed by atoms with Gasteiger partial charge in [0.2, 0.25) is 10.0 Å². The van der Waals surface area contributed by atoms with Crippen LogP contribution in [0.5, 0.6) is 0 Å². The van der Waals surface area contributed by atoms with Gasteiger partial charge in [-0.05, 0) is 19.1 Å². The van der Waals surface area contributed by atoms with Gasteiger partial charge >= 0.3 is 5.97 Å². The molecule has 132 valence electrons. The molecule has 0 spiro atoms. The number of hydrogen-bond acceptors (Lipinski definition) is 5. The fraction of sp³-hybridized carbons (Fsp3) is 0.533. The maximum Gasteiger partial charge on any atom is 0.323 e. The topological polar surface area (TPSA) is 66.9 Å². The van der Waals surface area contributed by atoms with Gasteiger partial charge in [0.05, 0.1) is 10.0 Å². The minimum absolute atomic E-state index is 0.0596. The molecular formula is C15H18Cl2N2O4S. The highest BCUT2D eigenvalue weighted by Crippen LogP contribution is 2.32. The number of sulfonamides is 1. The van der Waals surface area contributed by atoms with Crippen LogP contribution in [0.15, 0.2) is 23.1 Å². The van der Waals surface area contributed by atoms with E-state index in [9.17, 15) is 13.2 Å². The Hall–Kier alpha value is -0.860. The number of ether oxygens (including phenoxy) is 1. The van der Waals surface area contributed by atoms with Crippen molar-refractivity contribution in [3.8, 4) is 0 Å². The third-order valence-electron chi connectivity index (χ3n) is 4.38. The van der Waals surface area contributed by atoms with Crippen molar-refractivity contribution in [1.82, 2.24) is 9.21 Å². The number of benzene rings is 1. The number of esters is 1. The van der Waals surface area contributed by atoms with Crippen molar-refractivity contribution in [2.75, 3.05) is 26.2 Å². The second kappa shape index (κ2) is 6.80. The van der Waals surface area contributed by atoms with Gasteiger partial charge in [0, 0.05) is 32.6 Å². The van der Waals surface area contributed by atoms with Crippen LogP contribution in [0.1, 0.15) is 13.3 Å². The first-order valence-electron chi connectivity index (χ1n) is 7.69. The lowest BCUT2D eigenvalue weighted by Crippen LogP contribution is -2.53. The average molecular weight is 393 g/mol. The van der Waals surface area contributed by atoms with Crippen molar-refractivity contribution in [3.63, 3.8) is 0 Å². The van der Waals surface area contributed by atoms with E-state index in [1.807, 2.05) is 11.8 Å². The molecule has 0 saturated carbocycles. The number of carbonyl (C=O) groups is 1. The van der Waals surface area contributed by atoms with E-state index in [1.165, 1.54) is 16.4 Å². The second-order valence-electron chi connectivity index (χ2n) is 5.99. The van der Waals surface area contributed by atoms with Crippen molar-refractivity contribution in [1.29, 1.82) is 0 Å². The average Bonchev–Trinajstić information content (AvgIpc) is 2.85. The van der Waals surface area contributed by atoms with E-state index in [-0.39, 0.29) is 46.1 Å². The van der Waals surface area contributed by atoms with Crippen LogP contribution >= 0.6 is 23.2 Å². The summed E-state index contributed by atoms with van der Waals surface area (Å²) in [5.74, 6) is -0.229. The maximum atomic E-state index is 12.8. The van der Waals surface area contributed by atoms with Crippen LogP contribution in [-0.2, 0) is 19.6 Å². The standard InChI is InChI=1S/C15H18Cl2N2O4S/c1-10-9-13(15(20)23-10)18-5-7-19(8-6-18)24(21,22)14-11(16)3-2-4-12(14)17/h2-4,10,13H,5-9H2,1H3. The van der Waals surface area contributed by atoms with E-state index in [0.717, 1.165) is 0 Å². The Morgan fingerprint density at radius 2 is 1.71 bits per heavy atom. The Morgan fingerprint density at radius 3 is 2.21 bits per heavy atom. The van der Waals surface area contributed by atoms with Gasteiger partial charge in [0.1, 0.15) is 17.0 Å². The molecule has 0 N–H and O–H groups in total. The summed E-state index contributed by atoms with van der Waals surface area (Å²) in [4.78, 5) is 13.8. The zero-order chi connectivity index (χ0) is 17.5. The minimum atomic E-state index is -3.77. The van der Waals surface area contributed by atoms with Gasteiger partial charge in [0.15, 0.2) is 0 Å². The highest BCUT2D eigenvalue weighted by molar-refractivity contribution is 7.89. The molecule has 2 aliphatic rings. The SMILES string of the molecule is CC1CC(N2CCN(S(=O)(=O)c3c(Cl)cccc3Cl)CC2)C(=O)O1. The summed E-state index contributed by atoms with van der Waals surface area (Å²) >= 11 is 12.1. The molecule has 24 heavy (non-hydrogen) atoms. The van der Waals surface area contributed by atoms with Crippen molar-refractivity contribution >= 4 is 39.2 Å². The maximum absolute atomic E-state index is 12.8. The predicted octanol–water partition coefficient (Wildman–Crippen LogP) is 2.00. The van der Waals surface area contributed by atoms with Crippen molar-refractivity contribution < 1.29 is 17.9 Å². The van der Waals surface area contributed by atoms with E-state index in [1.54, 1.807) is 6.07 Å². The van der Waals surface area contributed by atoms with E-state index in [4.69, 9.17) is 27.9 Å². The molecule has 2 atom stereocenters. The molecule has 2 unspecified atom stereocenters. The highest BCUT2D eigenvalue weighted by atomic mass is 35.5. The zero-order valence-corrected chi connectivity index (χ0v) is 15.4. The van der Waals surface area contributed by atoms with Gasteiger partial charge in [0.25, 0.3) is 0 Å². The number of rotatable bonds is 3. The van der Waals surface area contributed by atoms with Gasteiger partial charge in [-0.25, -0.2) is 8.42 Å². The largest absolute Gasteiger partial charge is 0.461 e. The van der Waals surface area contributed by atoms with Gasteiger partial charge in [-0.3, -0.25) is 9.69 Å². The summed E-state index contributed by atoms with van der Waals surface area (Å²) in [7, 11) is -3.77. The molecule has 1 aromatic carbocycles. The van der Waals surface area contributed by atoms with E-state index >= 15 is 0 Å². The Morgan fingerprint density at radius 1 is 1.12 bits per heavy atom. The molecule has 6 nitrogen and oxygen atoms in total. The molecule has 0 aliphatic carbocycles. The van der Waals surface area contributed by atoms with Gasteiger partial charge < -0.3 is 4.74 Å². The van der Waals surface area contributed by atoms with Crippen LogP contribution in [0.25, 0.3) is 0 Å². The smallest absolute Gasteiger partial charge is 0.323 e. The first kappa shape index (κ1) is 17.9. The number of cyclic esters (lactones) is 1. The molecular weight excluding hydrogens is 375 g/mol.